The molecule has 0 unspecified atom stereocenters. The average Bonchev–Trinajstić information content (AvgIpc) is 2.40. The van der Waals surface area contributed by atoms with Crippen LogP contribution in [0.1, 0.15) is 33.3 Å². The topological polar surface area (TPSA) is 79.5 Å². The lowest BCUT2D eigenvalue weighted by atomic mass is 10.2. The summed E-state index contributed by atoms with van der Waals surface area (Å²) in [5, 5.41) is 8.62. The van der Waals surface area contributed by atoms with Crippen LogP contribution in [0.15, 0.2) is 24.3 Å². The van der Waals surface area contributed by atoms with E-state index in [2.05, 4.69) is 16.0 Å². The highest BCUT2D eigenvalue weighted by Gasteiger charge is 2.15. The van der Waals surface area contributed by atoms with Gasteiger partial charge in [-0.2, -0.15) is 0 Å². The predicted octanol–water partition coefficient (Wildman–Crippen LogP) is 2.26. The molecule has 0 heterocycles. The zero-order chi connectivity index (χ0) is 16.6. The van der Waals surface area contributed by atoms with E-state index in [1.807, 2.05) is 45.0 Å². The van der Waals surface area contributed by atoms with Crippen LogP contribution in [0, 0.1) is 0 Å². The molecule has 1 rings (SSSR count). The molecular weight excluding hydrogens is 282 g/mol. The van der Waals surface area contributed by atoms with Crippen LogP contribution in [0.2, 0.25) is 0 Å². The van der Waals surface area contributed by atoms with Crippen molar-refractivity contribution in [2.24, 2.45) is 0 Å². The Hall–Kier alpha value is -2.24. The highest BCUT2D eigenvalue weighted by Crippen LogP contribution is 2.10. The fourth-order valence-corrected chi connectivity index (χ4v) is 1.67. The first-order chi connectivity index (χ1) is 10.3. The van der Waals surface area contributed by atoms with Gasteiger partial charge >= 0.3 is 6.09 Å². The van der Waals surface area contributed by atoms with Gasteiger partial charge < -0.3 is 20.7 Å². The first kappa shape index (κ1) is 17.8. The van der Waals surface area contributed by atoms with Crippen molar-refractivity contribution < 1.29 is 14.3 Å². The minimum Gasteiger partial charge on any atom is -0.444 e. The van der Waals surface area contributed by atoms with Gasteiger partial charge in [-0.1, -0.05) is 12.1 Å². The number of hydrogen-bond donors (Lipinski definition) is 3. The summed E-state index contributed by atoms with van der Waals surface area (Å²) in [6.45, 7) is 8.63. The van der Waals surface area contributed by atoms with Gasteiger partial charge in [0.1, 0.15) is 5.60 Å². The second-order valence-electron chi connectivity index (χ2n) is 5.96. The largest absolute Gasteiger partial charge is 0.444 e. The van der Waals surface area contributed by atoms with Crippen LogP contribution in [-0.2, 0) is 16.1 Å². The molecule has 0 aliphatic carbocycles. The lowest BCUT2D eigenvalue weighted by Crippen LogP contribution is -2.32. The molecule has 0 spiro atoms. The second kappa shape index (κ2) is 8.26. The van der Waals surface area contributed by atoms with Crippen molar-refractivity contribution in [3.63, 3.8) is 0 Å². The predicted molar refractivity (Wildman–Crippen MR) is 86.7 cm³/mol. The van der Waals surface area contributed by atoms with Crippen LogP contribution in [0.3, 0.4) is 0 Å². The first-order valence-corrected chi connectivity index (χ1v) is 7.30. The molecule has 22 heavy (non-hydrogen) atoms. The molecular formula is C16H25N3O3. The van der Waals surface area contributed by atoms with Crippen molar-refractivity contribution >= 4 is 17.7 Å². The van der Waals surface area contributed by atoms with E-state index in [0.717, 1.165) is 11.3 Å². The molecule has 1 aromatic rings. The van der Waals surface area contributed by atoms with Crippen LogP contribution in [0.4, 0.5) is 10.5 Å². The zero-order valence-corrected chi connectivity index (χ0v) is 13.7. The number of rotatable bonds is 6. The fourth-order valence-electron chi connectivity index (χ4n) is 1.67. The van der Waals surface area contributed by atoms with Crippen molar-refractivity contribution in [2.45, 2.75) is 39.8 Å². The van der Waals surface area contributed by atoms with Crippen LogP contribution in [-0.4, -0.2) is 30.7 Å². The summed E-state index contributed by atoms with van der Waals surface area (Å²) in [4.78, 5) is 22.3. The zero-order valence-electron chi connectivity index (χ0n) is 13.7. The molecule has 0 saturated carbocycles. The Balaban J connectivity index is 2.32. The number of amides is 2. The van der Waals surface area contributed by atoms with Crippen LogP contribution in [0.25, 0.3) is 0 Å². The quantitative estimate of drug-likeness (QED) is 0.704. The molecule has 3 N–H and O–H groups in total. The number of alkyl carbamates (subject to hydrolysis) is 1. The third-order valence-corrected chi connectivity index (χ3v) is 2.62. The minimum atomic E-state index is -0.494. The van der Waals surface area contributed by atoms with Gasteiger partial charge in [-0.05, 0) is 38.5 Å². The lowest BCUT2D eigenvalue weighted by Gasteiger charge is -2.19. The van der Waals surface area contributed by atoms with Gasteiger partial charge in [0.2, 0.25) is 5.91 Å². The maximum Gasteiger partial charge on any atom is 0.407 e. The Morgan fingerprint density at radius 1 is 1.05 bits per heavy atom. The molecule has 1 aromatic carbocycles. The van der Waals surface area contributed by atoms with E-state index in [1.54, 1.807) is 0 Å². The van der Waals surface area contributed by atoms with E-state index in [9.17, 15) is 9.59 Å². The molecule has 0 bridgehead atoms. The Bertz CT molecular complexity index is 492. The first-order valence-electron chi connectivity index (χ1n) is 7.30. The van der Waals surface area contributed by atoms with E-state index in [0.29, 0.717) is 19.6 Å². The van der Waals surface area contributed by atoms with E-state index in [1.165, 1.54) is 6.92 Å². The maximum absolute atomic E-state index is 11.5. The van der Waals surface area contributed by atoms with Crippen LogP contribution in [0.5, 0.6) is 0 Å². The number of carbonyl (C=O) groups excluding carboxylic acids is 2. The smallest absolute Gasteiger partial charge is 0.407 e. The van der Waals surface area contributed by atoms with Gasteiger partial charge in [0, 0.05) is 32.2 Å². The van der Waals surface area contributed by atoms with Crippen molar-refractivity contribution in [3.05, 3.63) is 29.8 Å². The highest BCUT2D eigenvalue weighted by atomic mass is 16.6. The van der Waals surface area contributed by atoms with Gasteiger partial charge in [0.05, 0.1) is 0 Å². The molecule has 0 aliphatic heterocycles. The monoisotopic (exact) mass is 307 g/mol. The summed E-state index contributed by atoms with van der Waals surface area (Å²) in [6.07, 6.45) is -0.426. The summed E-state index contributed by atoms with van der Waals surface area (Å²) >= 11 is 0. The Morgan fingerprint density at radius 2 is 1.68 bits per heavy atom. The van der Waals surface area contributed by atoms with Crippen LogP contribution < -0.4 is 16.0 Å². The fraction of sp³-hybridized carbons (Fsp3) is 0.500. The maximum atomic E-state index is 11.5. The number of nitrogens with one attached hydrogen (secondary N) is 3. The van der Waals surface area contributed by atoms with Crippen molar-refractivity contribution in [1.82, 2.24) is 10.6 Å². The molecule has 6 heteroatoms. The van der Waals surface area contributed by atoms with Gasteiger partial charge in [0.15, 0.2) is 0 Å². The third kappa shape index (κ3) is 8.14. The van der Waals surface area contributed by atoms with Gasteiger partial charge in [-0.3, -0.25) is 4.79 Å². The normalized spacial score (nSPS) is 10.7. The summed E-state index contributed by atoms with van der Waals surface area (Å²) in [6, 6.07) is 7.72. The molecule has 0 aliphatic rings. The molecule has 0 fully saturated rings. The van der Waals surface area contributed by atoms with Crippen LogP contribution >= 0.6 is 0 Å². The third-order valence-electron chi connectivity index (χ3n) is 2.62. The number of hydrogen-bond acceptors (Lipinski definition) is 4. The van der Waals surface area contributed by atoms with Crippen molar-refractivity contribution in [2.75, 3.05) is 18.4 Å². The van der Waals surface area contributed by atoms with E-state index >= 15 is 0 Å². The van der Waals surface area contributed by atoms with E-state index in [-0.39, 0.29) is 5.91 Å². The van der Waals surface area contributed by atoms with E-state index in [4.69, 9.17) is 4.74 Å². The second-order valence-corrected chi connectivity index (χ2v) is 5.96. The SMILES string of the molecule is CC(=O)NCCNc1ccc(CNC(=O)OC(C)(C)C)cc1. The van der Waals surface area contributed by atoms with Crippen molar-refractivity contribution in [3.8, 4) is 0 Å². The Morgan fingerprint density at radius 3 is 2.23 bits per heavy atom. The lowest BCUT2D eigenvalue weighted by molar-refractivity contribution is -0.118. The van der Waals surface area contributed by atoms with Gasteiger partial charge in [0.25, 0.3) is 0 Å². The average molecular weight is 307 g/mol. The van der Waals surface area contributed by atoms with Crippen molar-refractivity contribution in [1.29, 1.82) is 0 Å². The number of benzene rings is 1. The highest BCUT2D eigenvalue weighted by molar-refractivity contribution is 5.72. The molecule has 0 saturated heterocycles. The Kier molecular flexibility index (Phi) is 6.69. The van der Waals surface area contributed by atoms with E-state index < -0.39 is 11.7 Å². The number of ether oxygens (including phenoxy) is 1. The molecule has 2 amide bonds. The van der Waals surface area contributed by atoms with Gasteiger partial charge in [-0.15, -0.1) is 0 Å². The Labute approximate surface area is 131 Å². The summed E-state index contributed by atoms with van der Waals surface area (Å²) in [5.74, 6) is -0.0367. The summed E-state index contributed by atoms with van der Waals surface area (Å²) < 4.78 is 5.17. The standard InChI is InChI=1S/C16H25N3O3/c1-12(20)17-9-10-18-14-7-5-13(6-8-14)11-19-15(21)22-16(2,3)4/h5-8,18H,9-11H2,1-4H3,(H,17,20)(H,19,21). The number of anilines is 1. The number of carbonyl (C=O) groups is 2. The summed E-state index contributed by atoms with van der Waals surface area (Å²) in [7, 11) is 0. The molecule has 0 atom stereocenters. The molecule has 0 aromatic heterocycles. The molecule has 0 radical (unpaired) electrons. The molecule has 6 nitrogen and oxygen atoms in total. The van der Waals surface area contributed by atoms with Gasteiger partial charge in [-0.25, -0.2) is 4.79 Å². The minimum absolute atomic E-state index is 0.0367. The summed E-state index contributed by atoms with van der Waals surface area (Å²) in [5.41, 5.74) is 1.45. The molecule has 122 valence electrons.